The summed E-state index contributed by atoms with van der Waals surface area (Å²) in [6.45, 7) is 3.83. The number of aromatic nitrogens is 1. The second kappa shape index (κ2) is 12.4. The van der Waals surface area contributed by atoms with Crippen molar-refractivity contribution in [2.45, 2.75) is 26.7 Å². The lowest BCUT2D eigenvalue weighted by Gasteiger charge is -2.09. The molecule has 196 valence electrons. The molecule has 3 aromatic carbocycles. The van der Waals surface area contributed by atoms with Gasteiger partial charge in [-0.1, -0.05) is 71.4 Å². The number of carbonyl (C=O) groups is 2. The molecule has 4 rings (SSSR count). The molecule has 7 nitrogen and oxygen atoms in total. The number of anilines is 1. The lowest BCUT2D eigenvalue weighted by molar-refractivity contribution is -0.142. The van der Waals surface area contributed by atoms with Gasteiger partial charge in [0.05, 0.1) is 19.6 Å². The van der Waals surface area contributed by atoms with Gasteiger partial charge in [-0.15, -0.1) is 0 Å². The molecule has 0 saturated carbocycles. The van der Waals surface area contributed by atoms with Crippen LogP contribution in [0.2, 0.25) is 5.02 Å². The Morgan fingerprint density at radius 2 is 1.63 bits per heavy atom. The summed E-state index contributed by atoms with van der Waals surface area (Å²) in [5.41, 5.74) is 4.82. The first-order valence-corrected chi connectivity index (χ1v) is 12.4. The minimum atomic E-state index is -0.702. The number of hydrogen-bond acceptors (Lipinski definition) is 6. The molecule has 0 spiro atoms. The number of halogens is 2. The zero-order chi connectivity index (χ0) is 27.1. The Morgan fingerprint density at radius 3 is 2.29 bits per heavy atom. The van der Waals surface area contributed by atoms with Crippen LogP contribution in [0.4, 0.5) is 14.9 Å². The average Bonchev–Trinajstić information content (AvgIpc) is 3.25. The van der Waals surface area contributed by atoms with E-state index in [1.165, 1.54) is 6.07 Å². The number of benzene rings is 3. The second-order valence-electron chi connectivity index (χ2n) is 8.47. The molecule has 1 aromatic heterocycles. The third kappa shape index (κ3) is 6.77. The number of amides is 1. The van der Waals surface area contributed by atoms with Gasteiger partial charge in [0.25, 0.3) is 0 Å². The van der Waals surface area contributed by atoms with Gasteiger partial charge >= 0.3 is 12.1 Å². The van der Waals surface area contributed by atoms with Crippen LogP contribution in [-0.2, 0) is 27.1 Å². The van der Waals surface area contributed by atoms with E-state index < -0.39 is 11.9 Å². The molecule has 1 amide bonds. The van der Waals surface area contributed by atoms with Crippen LogP contribution in [-0.4, -0.2) is 30.4 Å². The Bertz CT molecular complexity index is 1420. The van der Waals surface area contributed by atoms with Crippen LogP contribution in [0.1, 0.15) is 23.7 Å². The van der Waals surface area contributed by atoms with Crippen molar-refractivity contribution in [3.63, 3.8) is 0 Å². The van der Waals surface area contributed by atoms with Crippen molar-refractivity contribution in [2.75, 3.05) is 18.5 Å². The molecular weight excluding hydrogens is 511 g/mol. The van der Waals surface area contributed by atoms with Gasteiger partial charge in [0.2, 0.25) is 0 Å². The lowest BCUT2D eigenvalue weighted by Crippen LogP contribution is -2.16. The van der Waals surface area contributed by atoms with Gasteiger partial charge in [0.15, 0.2) is 5.76 Å². The van der Waals surface area contributed by atoms with E-state index in [0.29, 0.717) is 39.9 Å². The van der Waals surface area contributed by atoms with Gasteiger partial charge in [0.1, 0.15) is 17.2 Å². The first-order valence-electron chi connectivity index (χ1n) is 12.0. The van der Waals surface area contributed by atoms with Gasteiger partial charge < -0.3 is 14.0 Å². The number of rotatable bonds is 9. The Kier molecular flexibility index (Phi) is 8.76. The van der Waals surface area contributed by atoms with Crippen LogP contribution in [0.3, 0.4) is 0 Å². The maximum Gasteiger partial charge on any atom is 0.411 e. The number of carbonyl (C=O) groups excluding carboxylic acids is 2. The van der Waals surface area contributed by atoms with Crippen molar-refractivity contribution in [3.05, 3.63) is 94.4 Å². The maximum absolute atomic E-state index is 13.9. The first kappa shape index (κ1) is 26.9. The fourth-order valence-corrected chi connectivity index (χ4v) is 4.00. The number of ether oxygens (including phenoxy) is 2. The van der Waals surface area contributed by atoms with Gasteiger partial charge in [-0.25, -0.2) is 9.18 Å². The summed E-state index contributed by atoms with van der Waals surface area (Å²) in [6.07, 6.45) is -0.267. The van der Waals surface area contributed by atoms with Gasteiger partial charge in [-0.2, -0.15) is 0 Å². The highest BCUT2D eigenvalue weighted by atomic mass is 35.5. The second-order valence-corrected chi connectivity index (χ2v) is 8.91. The van der Waals surface area contributed by atoms with Crippen molar-refractivity contribution < 1.29 is 28.0 Å². The fourth-order valence-electron chi connectivity index (χ4n) is 3.84. The SMILES string of the molecule is CCOC(=O)Cc1ccc(-c2ccc(-c3onc(C)c3NC(=O)OCCc3ccc(Cl)cc3F)cc2)cc1. The van der Waals surface area contributed by atoms with Gasteiger partial charge in [-0.05, 0) is 48.2 Å². The van der Waals surface area contributed by atoms with Crippen molar-refractivity contribution in [1.29, 1.82) is 0 Å². The van der Waals surface area contributed by atoms with Crippen LogP contribution < -0.4 is 5.32 Å². The minimum Gasteiger partial charge on any atom is -0.466 e. The third-order valence-electron chi connectivity index (χ3n) is 5.80. The van der Waals surface area contributed by atoms with Crippen molar-refractivity contribution in [3.8, 4) is 22.5 Å². The molecule has 0 aliphatic heterocycles. The van der Waals surface area contributed by atoms with E-state index in [2.05, 4.69) is 10.5 Å². The molecule has 0 saturated heterocycles. The van der Waals surface area contributed by atoms with Crippen LogP contribution in [0, 0.1) is 12.7 Å². The van der Waals surface area contributed by atoms with E-state index >= 15 is 0 Å². The van der Waals surface area contributed by atoms with Crippen LogP contribution in [0.5, 0.6) is 0 Å². The first-order chi connectivity index (χ1) is 18.3. The molecule has 0 aliphatic carbocycles. The lowest BCUT2D eigenvalue weighted by atomic mass is 10.0. The molecule has 0 radical (unpaired) electrons. The van der Waals surface area contributed by atoms with Gasteiger partial charge in [-0.3, -0.25) is 10.1 Å². The predicted molar refractivity (Wildman–Crippen MR) is 143 cm³/mol. The molecule has 0 atom stereocenters. The summed E-state index contributed by atoms with van der Waals surface area (Å²) < 4.78 is 29.6. The van der Waals surface area contributed by atoms with Crippen LogP contribution >= 0.6 is 11.6 Å². The highest BCUT2D eigenvalue weighted by Gasteiger charge is 2.18. The Hall–Kier alpha value is -4.17. The summed E-state index contributed by atoms with van der Waals surface area (Å²) in [5.74, 6) is -0.315. The quantitative estimate of drug-likeness (QED) is 0.231. The zero-order valence-corrected chi connectivity index (χ0v) is 21.7. The van der Waals surface area contributed by atoms with E-state index in [1.54, 1.807) is 26.0 Å². The molecule has 0 bridgehead atoms. The number of aryl methyl sites for hydroxylation is 1. The minimum absolute atomic E-state index is 0.0165. The molecule has 1 N–H and O–H groups in total. The topological polar surface area (TPSA) is 90.7 Å². The highest BCUT2D eigenvalue weighted by molar-refractivity contribution is 6.30. The summed E-state index contributed by atoms with van der Waals surface area (Å²) in [4.78, 5) is 24.1. The maximum atomic E-state index is 13.9. The molecule has 1 heterocycles. The van der Waals surface area contributed by atoms with Crippen molar-refractivity contribution >= 4 is 29.4 Å². The summed E-state index contributed by atoms with van der Waals surface area (Å²) in [7, 11) is 0. The molecule has 38 heavy (non-hydrogen) atoms. The number of nitrogens with one attached hydrogen (secondary N) is 1. The van der Waals surface area contributed by atoms with E-state index in [1.807, 2.05) is 48.5 Å². The Labute approximate surface area is 224 Å². The molecule has 0 fully saturated rings. The van der Waals surface area contributed by atoms with Crippen molar-refractivity contribution in [1.82, 2.24) is 5.16 Å². The van der Waals surface area contributed by atoms with E-state index in [9.17, 15) is 14.0 Å². The third-order valence-corrected chi connectivity index (χ3v) is 6.03. The van der Waals surface area contributed by atoms with E-state index in [-0.39, 0.29) is 25.4 Å². The fraction of sp³-hybridized carbons (Fsp3) is 0.207. The van der Waals surface area contributed by atoms with E-state index in [0.717, 1.165) is 16.7 Å². The van der Waals surface area contributed by atoms with E-state index in [4.69, 9.17) is 25.6 Å². The number of esters is 1. The van der Waals surface area contributed by atoms with Crippen LogP contribution in [0.15, 0.2) is 71.3 Å². The molecular formula is C29H26ClFN2O5. The number of nitrogens with zero attached hydrogens (tertiary/aromatic N) is 1. The summed E-state index contributed by atoms with van der Waals surface area (Å²) in [5, 5.41) is 6.95. The highest BCUT2D eigenvalue weighted by Crippen LogP contribution is 2.32. The Balaban J connectivity index is 1.38. The zero-order valence-electron chi connectivity index (χ0n) is 20.9. The Morgan fingerprint density at radius 1 is 0.974 bits per heavy atom. The predicted octanol–water partition coefficient (Wildman–Crippen LogP) is 7.01. The summed E-state index contributed by atoms with van der Waals surface area (Å²) in [6, 6.07) is 19.6. The van der Waals surface area contributed by atoms with Crippen molar-refractivity contribution in [2.24, 2.45) is 0 Å². The van der Waals surface area contributed by atoms with Crippen LogP contribution in [0.25, 0.3) is 22.5 Å². The molecule has 0 unspecified atom stereocenters. The smallest absolute Gasteiger partial charge is 0.411 e. The molecule has 4 aromatic rings. The normalized spacial score (nSPS) is 10.7. The number of hydrogen-bond donors (Lipinski definition) is 1. The van der Waals surface area contributed by atoms with Gasteiger partial charge in [0, 0.05) is 17.0 Å². The molecule has 9 heteroatoms. The monoisotopic (exact) mass is 536 g/mol. The average molecular weight is 537 g/mol. The standard InChI is InChI=1S/C29H26ClFN2O5/c1-3-36-26(34)16-19-4-6-20(7-5-19)21-8-10-23(11-9-21)28-27(18(2)33-38-28)32-29(35)37-15-14-22-12-13-24(30)17-25(22)31/h4-13,17H,3,14-16H2,1-2H3,(H,32,35). The molecule has 0 aliphatic rings. The summed E-state index contributed by atoms with van der Waals surface area (Å²) >= 11 is 5.77. The largest absolute Gasteiger partial charge is 0.466 e.